The molecule has 0 fully saturated rings. The molecule has 5 nitrogen and oxygen atoms in total. The summed E-state index contributed by atoms with van der Waals surface area (Å²) in [7, 11) is 0. The van der Waals surface area contributed by atoms with Gasteiger partial charge in [0.1, 0.15) is 11.6 Å². The highest BCUT2D eigenvalue weighted by molar-refractivity contribution is 6.09. The van der Waals surface area contributed by atoms with E-state index in [0.717, 1.165) is 0 Å². The standard InChI is InChI=1S/C21H15F2N3O2/c22-16-9-5-14(6-10-16)13-24-26-21(28)18-3-1-2-4-19(18)25-20(27)15-7-11-17(23)12-8-15/h1-13H,(H,25,27)(H,26,28)/b24-13+. The first kappa shape index (κ1) is 18.9. The SMILES string of the molecule is O=C(Nc1ccccc1C(=O)N/N=C/c1ccc(F)cc1)c1ccc(F)cc1. The highest BCUT2D eigenvalue weighted by Crippen LogP contribution is 2.16. The van der Waals surface area contributed by atoms with Gasteiger partial charge in [-0.05, 0) is 54.1 Å². The Morgan fingerprint density at radius 2 is 1.39 bits per heavy atom. The number of amides is 2. The van der Waals surface area contributed by atoms with Crippen molar-refractivity contribution in [2.45, 2.75) is 0 Å². The van der Waals surface area contributed by atoms with Crippen LogP contribution in [0.25, 0.3) is 0 Å². The minimum Gasteiger partial charge on any atom is -0.321 e. The van der Waals surface area contributed by atoms with Crippen LogP contribution in [0.1, 0.15) is 26.3 Å². The lowest BCUT2D eigenvalue weighted by Crippen LogP contribution is -2.21. The van der Waals surface area contributed by atoms with E-state index in [1.165, 1.54) is 60.8 Å². The molecule has 0 saturated carbocycles. The maximum Gasteiger partial charge on any atom is 0.273 e. The minimum atomic E-state index is -0.534. The highest BCUT2D eigenvalue weighted by Gasteiger charge is 2.13. The summed E-state index contributed by atoms with van der Waals surface area (Å²) in [6, 6.07) is 17.1. The van der Waals surface area contributed by atoms with E-state index in [1.807, 2.05) is 0 Å². The fourth-order valence-corrected chi connectivity index (χ4v) is 2.36. The molecule has 0 bridgehead atoms. The van der Waals surface area contributed by atoms with Gasteiger partial charge in [-0.25, -0.2) is 14.2 Å². The van der Waals surface area contributed by atoms with Gasteiger partial charge in [0.05, 0.1) is 17.5 Å². The van der Waals surface area contributed by atoms with Crippen molar-refractivity contribution in [2.75, 3.05) is 5.32 Å². The van der Waals surface area contributed by atoms with Gasteiger partial charge in [0.15, 0.2) is 0 Å². The van der Waals surface area contributed by atoms with Crippen LogP contribution < -0.4 is 10.7 Å². The molecule has 0 aliphatic carbocycles. The Labute approximate surface area is 159 Å². The zero-order valence-electron chi connectivity index (χ0n) is 14.5. The number of hydrogen-bond donors (Lipinski definition) is 2. The van der Waals surface area contributed by atoms with Gasteiger partial charge in [-0.1, -0.05) is 24.3 Å². The van der Waals surface area contributed by atoms with Crippen molar-refractivity contribution in [1.29, 1.82) is 0 Å². The van der Waals surface area contributed by atoms with E-state index in [1.54, 1.807) is 18.2 Å². The van der Waals surface area contributed by atoms with E-state index < -0.39 is 17.6 Å². The van der Waals surface area contributed by atoms with Crippen LogP contribution >= 0.6 is 0 Å². The molecule has 3 aromatic carbocycles. The van der Waals surface area contributed by atoms with Crippen LogP contribution in [0, 0.1) is 11.6 Å². The van der Waals surface area contributed by atoms with Crippen LogP contribution in [-0.4, -0.2) is 18.0 Å². The van der Waals surface area contributed by atoms with Crippen molar-refractivity contribution in [3.63, 3.8) is 0 Å². The van der Waals surface area contributed by atoms with Crippen LogP contribution in [0.2, 0.25) is 0 Å². The number of anilines is 1. The molecule has 0 spiro atoms. The second kappa shape index (κ2) is 8.68. The first-order valence-corrected chi connectivity index (χ1v) is 8.28. The van der Waals surface area contributed by atoms with Gasteiger partial charge in [0, 0.05) is 5.56 Å². The lowest BCUT2D eigenvalue weighted by molar-refractivity contribution is 0.0956. The number of nitrogens with zero attached hydrogens (tertiary/aromatic N) is 1. The molecule has 2 amide bonds. The molecule has 0 aliphatic heterocycles. The fourth-order valence-electron chi connectivity index (χ4n) is 2.36. The van der Waals surface area contributed by atoms with E-state index in [9.17, 15) is 18.4 Å². The normalized spacial score (nSPS) is 10.6. The molecule has 0 aliphatic rings. The van der Waals surface area contributed by atoms with E-state index in [0.29, 0.717) is 5.56 Å². The number of nitrogens with one attached hydrogen (secondary N) is 2. The Morgan fingerprint density at radius 3 is 2.07 bits per heavy atom. The van der Waals surface area contributed by atoms with E-state index in [2.05, 4.69) is 15.8 Å². The number of hydrogen-bond acceptors (Lipinski definition) is 3. The quantitative estimate of drug-likeness (QED) is 0.520. The molecular weight excluding hydrogens is 364 g/mol. The Morgan fingerprint density at radius 1 is 0.786 bits per heavy atom. The number of benzene rings is 3. The number of carbonyl (C=O) groups excluding carboxylic acids is 2. The van der Waals surface area contributed by atoms with Crippen LogP contribution in [0.4, 0.5) is 14.5 Å². The molecule has 0 unspecified atom stereocenters. The van der Waals surface area contributed by atoms with Gasteiger partial charge < -0.3 is 5.32 Å². The summed E-state index contributed by atoms with van der Waals surface area (Å²) >= 11 is 0. The minimum absolute atomic E-state index is 0.203. The first-order chi connectivity index (χ1) is 13.5. The fraction of sp³-hybridized carbons (Fsp3) is 0. The molecule has 0 atom stereocenters. The summed E-state index contributed by atoms with van der Waals surface area (Å²) in [6.45, 7) is 0. The monoisotopic (exact) mass is 379 g/mol. The predicted molar refractivity (Wildman–Crippen MR) is 102 cm³/mol. The van der Waals surface area contributed by atoms with Crippen LogP contribution in [0.3, 0.4) is 0 Å². The highest BCUT2D eigenvalue weighted by atomic mass is 19.1. The molecular formula is C21H15F2N3O2. The van der Waals surface area contributed by atoms with Crippen molar-refractivity contribution >= 4 is 23.7 Å². The third-order valence-corrected chi connectivity index (χ3v) is 3.78. The van der Waals surface area contributed by atoms with Gasteiger partial charge >= 0.3 is 0 Å². The van der Waals surface area contributed by atoms with Gasteiger partial charge in [0.25, 0.3) is 11.8 Å². The van der Waals surface area contributed by atoms with Gasteiger partial charge in [0.2, 0.25) is 0 Å². The molecule has 3 rings (SSSR count). The van der Waals surface area contributed by atoms with Gasteiger partial charge in [-0.2, -0.15) is 5.10 Å². The average molecular weight is 379 g/mol. The Balaban J connectivity index is 1.70. The van der Waals surface area contributed by atoms with E-state index in [-0.39, 0.29) is 22.6 Å². The Kier molecular flexibility index (Phi) is 5.86. The molecule has 0 radical (unpaired) electrons. The lowest BCUT2D eigenvalue weighted by atomic mass is 10.1. The summed E-state index contributed by atoms with van der Waals surface area (Å²) < 4.78 is 25.9. The van der Waals surface area contributed by atoms with Crippen molar-refractivity contribution in [1.82, 2.24) is 5.43 Å². The Hall–Kier alpha value is -3.87. The van der Waals surface area contributed by atoms with Crippen LogP contribution in [0.5, 0.6) is 0 Å². The second-order valence-corrected chi connectivity index (χ2v) is 5.76. The zero-order chi connectivity index (χ0) is 19.9. The zero-order valence-corrected chi connectivity index (χ0v) is 14.5. The van der Waals surface area contributed by atoms with Gasteiger partial charge in [-0.3, -0.25) is 9.59 Å². The largest absolute Gasteiger partial charge is 0.321 e. The number of para-hydroxylation sites is 1. The van der Waals surface area contributed by atoms with Crippen molar-refractivity contribution < 1.29 is 18.4 Å². The topological polar surface area (TPSA) is 70.6 Å². The van der Waals surface area contributed by atoms with Crippen LogP contribution in [-0.2, 0) is 0 Å². The summed E-state index contributed by atoms with van der Waals surface area (Å²) in [5, 5.41) is 6.46. The smallest absolute Gasteiger partial charge is 0.273 e. The van der Waals surface area contributed by atoms with E-state index >= 15 is 0 Å². The molecule has 28 heavy (non-hydrogen) atoms. The molecule has 3 aromatic rings. The molecule has 0 aromatic heterocycles. The van der Waals surface area contributed by atoms with Crippen molar-refractivity contribution in [3.8, 4) is 0 Å². The van der Waals surface area contributed by atoms with Crippen LogP contribution in [0.15, 0.2) is 77.9 Å². The van der Waals surface area contributed by atoms with E-state index in [4.69, 9.17) is 0 Å². The predicted octanol–water partition coefficient (Wildman–Crippen LogP) is 3.98. The number of carbonyl (C=O) groups is 2. The maximum absolute atomic E-state index is 13.0. The van der Waals surface area contributed by atoms with Crippen molar-refractivity contribution in [2.24, 2.45) is 5.10 Å². The summed E-state index contributed by atoms with van der Waals surface area (Å²) in [5.41, 5.74) is 3.71. The number of hydrazone groups is 1. The second-order valence-electron chi connectivity index (χ2n) is 5.76. The first-order valence-electron chi connectivity index (χ1n) is 8.28. The summed E-state index contributed by atoms with van der Waals surface area (Å²) in [4.78, 5) is 24.7. The lowest BCUT2D eigenvalue weighted by Gasteiger charge is -2.10. The number of rotatable bonds is 5. The maximum atomic E-state index is 13.0. The summed E-state index contributed by atoms with van der Waals surface area (Å²) in [5.74, 6) is -1.83. The molecule has 0 saturated heterocycles. The third kappa shape index (κ3) is 4.85. The molecule has 7 heteroatoms. The van der Waals surface area contributed by atoms with Crippen molar-refractivity contribution in [3.05, 3.63) is 101 Å². The van der Waals surface area contributed by atoms with Gasteiger partial charge in [-0.15, -0.1) is 0 Å². The molecule has 140 valence electrons. The molecule has 0 heterocycles. The average Bonchev–Trinajstić information content (AvgIpc) is 2.70. The third-order valence-electron chi connectivity index (χ3n) is 3.78. The Bertz CT molecular complexity index is 1020. The number of halogens is 2. The summed E-state index contributed by atoms with van der Waals surface area (Å²) in [6.07, 6.45) is 1.37. The molecule has 2 N–H and O–H groups in total.